The first-order chi connectivity index (χ1) is 5.75. The number of hydrogen-bond donors (Lipinski definition) is 1. The Labute approximate surface area is 80.0 Å². The van der Waals surface area contributed by atoms with E-state index < -0.39 is 0 Å². The van der Waals surface area contributed by atoms with Crippen molar-refractivity contribution in [2.75, 3.05) is 5.88 Å². The van der Waals surface area contributed by atoms with Gasteiger partial charge in [0, 0.05) is 18.6 Å². The Morgan fingerprint density at radius 3 is 3.00 bits per heavy atom. The molecule has 0 bridgehead atoms. The van der Waals surface area contributed by atoms with Gasteiger partial charge in [-0.2, -0.15) is 0 Å². The van der Waals surface area contributed by atoms with E-state index in [1.54, 1.807) is 12.3 Å². The van der Waals surface area contributed by atoms with Crippen molar-refractivity contribution in [3.63, 3.8) is 0 Å². The van der Waals surface area contributed by atoms with Crippen LogP contribution in [0.1, 0.15) is 6.42 Å². The standard InChI is InChI=1S/C7H9ClN2OS/c8-3-1-5-10-6(12)2-4-9-7(10)11/h2,4H,1,3,5H2,(H,9,11). The largest absolute Gasteiger partial charge is 0.326 e. The predicted octanol–water partition coefficient (Wildman–Crippen LogP) is 1.53. The highest BCUT2D eigenvalue weighted by Crippen LogP contribution is 1.91. The van der Waals surface area contributed by atoms with Gasteiger partial charge in [-0.3, -0.25) is 4.57 Å². The zero-order chi connectivity index (χ0) is 8.97. The van der Waals surface area contributed by atoms with Crippen LogP contribution in [0.2, 0.25) is 0 Å². The fraction of sp³-hybridized carbons (Fsp3) is 0.429. The first-order valence-corrected chi connectivity index (χ1v) is 4.54. The van der Waals surface area contributed by atoms with Gasteiger partial charge in [0.1, 0.15) is 4.64 Å². The van der Waals surface area contributed by atoms with Crippen molar-refractivity contribution >= 4 is 23.8 Å². The first-order valence-electron chi connectivity index (χ1n) is 3.60. The zero-order valence-electron chi connectivity index (χ0n) is 6.42. The molecular weight excluding hydrogens is 196 g/mol. The molecule has 0 spiro atoms. The lowest BCUT2D eigenvalue weighted by atomic mass is 10.5. The van der Waals surface area contributed by atoms with Crippen LogP contribution in [0.15, 0.2) is 17.1 Å². The van der Waals surface area contributed by atoms with Crippen molar-refractivity contribution in [2.24, 2.45) is 0 Å². The molecule has 0 fully saturated rings. The highest BCUT2D eigenvalue weighted by molar-refractivity contribution is 7.71. The van der Waals surface area contributed by atoms with E-state index in [4.69, 9.17) is 23.8 Å². The van der Waals surface area contributed by atoms with E-state index in [1.807, 2.05) is 0 Å². The van der Waals surface area contributed by atoms with Crippen molar-refractivity contribution in [3.8, 4) is 0 Å². The molecular formula is C7H9ClN2OS. The number of aromatic nitrogens is 2. The molecule has 3 nitrogen and oxygen atoms in total. The van der Waals surface area contributed by atoms with Crippen LogP contribution in [-0.4, -0.2) is 15.4 Å². The van der Waals surface area contributed by atoms with Crippen LogP contribution in [0.4, 0.5) is 0 Å². The van der Waals surface area contributed by atoms with Crippen LogP contribution in [0, 0.1) is 4.64 Å². The summed E-state index contributed by atoms with van der Waals surface area (Å²) in [6.07, 6.45) is 2.30. The summed E-state index contributed by atoms with van der Waals surface area (Å²) in [6.45, 7) is 0.582. The Balaban J connectivity index is 2.97. The van der Waals surface area contributed by atoms with Gasteiger partial charge in [-0.15, -0.1) is 11.6 Å². The third-order valence-electron chi connectivity index (χ3n) is 1.46. The molecule has 66 valence electrons. The number of rotatable bonds is 3. The zero-order valence-corrected chi connectivity index (χ0v) is 7.99. The summed E-state index contributed by atoms with van der Waals surface area (Å²) in [5.74, 6) is 0.538. The quantitative estimate of drug-likeness (QED) is 0.599. The Bertz CT molecular complexity index is 329. The van der Waals surface area contributed by atoms with Crippen molar-refractivity contribution in [1.29, 1.82) is 0 Å². The van der Waals surface area contributed by atoms with E-state index in [0.717, 1.165) is 6.42 Å². The fourth-order valence-corrected chi connectivity index (χ4v) is 1.24. The van der Waals surface area contributed by atoms with E-state index in [-0.39, 0.29) is 5.69 Å². The summed E-state index contributed by atoms with van der Waals surface area (Å²) in [5.41, 5.74) is -0.174. The first kappa shape index (κ1) is 9.48. The van der Waals surface area contributed by atoms with E-state index in [1.165, 1.54) is 4.57 Å². The van der Waals surface area contributed by atoms with Crippen LogP contribution in [0.3, 0.4) is 0 Å². The highest BCUT2D eigenvalue weighted by Gasteiger charge is 1.95. The van der Waals surface area contributed by atoms with Gasteiger partial charge < -0.3 is 4.98 Å². The molecule has 12 heavy (non-hydrogen) atoms. The van der Waals surface area contributed by atoms with E-state index in [0.29, 0.717) is 17.1 Å². The molecule has 1 aromatic heterocycles. The van der Waals surface area contributed by atoms with Crippen molar-refractivity contribution in [2.45, 2.75) is 13.0 Å². The van der Waals surface area contributed by atoms with Gasteiger partial charge in [0.15, 0.2) is 0 Å². The lowest BCUT2D eigenvalue weighted by Gasteiger charge is -2.01. The second-order valence-corrected chi connectivity index (χ2v) is 3.11. The smallest absolute Gasteiger partial charge is 0.314 e. The number of halogens is 1. The number of nitrogens with one attached hydrogen (secondary N) is 1. The number of hydrogen-bond acceptors (Lipinski definition) is 2. The Kier molecular flexibility index (Phi) is 3.49. The average Bonchev–Trinajstić information content (AvgIpc) is 2.04. The van der Waals surface area contributed by atoms with Gasteiger partial charge in [-0.25, -0.2) is 4.79 Å². The number of H-pyrrole nitrogens is 1. The van der Waals surface area contributed by atoms with Gasteiger partial charge in [-0.05, 0) is 12.5 Å². The molecule has 1 aromatic rings. The summed E-state index contributed by atoms with van der Waals surface area (Å²) in [4.78, 5) is 13.7. The molecule has 0 radical (unpaired) electrons. The Morgan fingerprint density at radius 1 is 1.67 bits per heavy atom. The van der Waals surface area contributed by atoms with Crippen molar-refractivity contribution < 1.29 is 0 Å². The van der Waals surface area contributed by atoms with Crippen molar-refractivity contribution in [3.05, 3.63) is 27.4 Å². The highest BCUT2D eigenvalue weighted by atomic mass is 35.5. The normalized spacial score (nSPS) is 10.1. The minimum absolute atomic E-state index is 0.174. The predicted molar refractivity (Wildman–Crippen MR) is 51.2 cm³/mol. The minimum Gasteiger partial charge on any atom is -0.314 e. The lowest BCUT2D eigenvalue weighted by Crippen LogP contribution is -2.22. The maximum Gasteiger partial charge on any atom is 0.326 e. The molecule has 0 aliphatic carbocycles. The van der Waals surface area contributed by atoms with Crippen molar-refractivity contribution in [1.82, 2.24) is 9.55 Å². The summed E-state index contributed by atoms with van der Waals surface area (Å²) in [5, 5.41) is 0. The molecule has 1 heterocycles. The maximum absolute atomic E-state index is 11.1. The Morgan fingerprint density at radius 2 is 2.42 bits per heavy atom. The summed E-state index contributed by atoms with van der Waals surface area (Å²) in [7, 11) is 0. The number of nitrogens with zero attached hydrogens (tertiary/aromatic N) is 1. The molecule has 5 heteroatoms. The van der Waals surface area contributed by atoms with Crippen LogP contribution in [0.5, 0.6) is 0 Å². The van der Waals surface area contributed by atoms with Gasteiger partial charge in [0.2, 0.25) is 0 Å². The van der Waals surface area contributed by atoms with Crippen LogP contribution >= 0.6 is 23.8 Å². The van der Waals surface area contributed by atoms with E-state index in [2.05, 4.69) is 4.98 Å². The van der Waals surface area contributed by atoms with E-state index >= 15 is 0 Å². The third kappa shape index (κ3) is 2.19. The molecule has 0 unspecified atom stereocenters. The lowest BCUT2D eigenvalue weighted by molar-refractivity contribution is 0.630. The molecule has 0 saturated heterocycles. The van der Waals surface area contributed by atoms with Gasteiger partial charge in [-0.1, -0.05) is 12.2 Å². The van der Waals surface area contributed by atoms with Gasteiger partial charge in [0.05, 0.1) is 0 Å². The minimum atomic E-state index is -0.174. The molecule has 1 N–H and O–H groups in total. The number of alkyl halides is 1. The third-order valence-corrected chi connectivity index (χ3v) is 2.08. The monoisotopic (exact) mass is 204 g/mol. The molecule has 0 aromatic carbocycles. The fourth-order valence-electron chi connectivity index (χ4n) is 0.882. The second kappa shape index (κ2) is 4.42. The molecule has 0 amide bonds. The van der Waals surface area contributed by atoms with Crippen LogP contribution in [0.25, 0.3) is 0 Å². The maximum atomic E-state index is 11.1. The van der Waals surface area contributed by atoms with Crippen LogP contribution < -0.4 is 5.69 Å². The molecule has 0 aliphatic heterocycles. The molecule has 0 aliphatic rings. The molecule has 0 saturated carbocycles. The number of aromatic amines is 1. The summed E-state index contributed by atoms with van der Waals surface area (Å²) >= 11 is 10.4. The SMILES string of the molecule is O=c1[nH]ccc(=S)n1CCCCl. The summed E-state index contributed by atoms with van der Waals surface area (Å²) < 4.78 is 2.04. The van der Waals surface area contributed by atoms with E-state index in [9.17, 15) is 4.79 Å². The second-order valence-electron chi connectivity index (χ2n) is 2.32. The molecule has 1 rings (SSSR count). The average molecular weight is 205 g/mol. The summed E-state index contributed by atoms with van der Waals surface area (Å²) in [6, 6.07) is 1.69. The molecule has 0 atom stereocenters. The topological polar surface area (TPSA) is 37.8 Å². The van der Waals surface area contributed by atoms with Crippen LogP contribution in [-0.2, 0) is 6.54 Å². The van der Waals surface area contributed by atoms with Gasteiger partial charge in [0.25, 0.3) is 0 Å². The van der Waals surface area contributed by atoms with Gasteiger partial charge >= 0.3 is 5.69 Å². The Hall–Kier alpha value is -0.610.